The summed E-state index contributed by atoms with van der Waals surface area (Å²) in [4.78, 5) is 14.0. The van der Waals surface area contributed by atoms with Crippen LogP contribution >= 0.6 is 0 Å². The van der Waals surface area contributed by atoms with Crippen molar-refractivity contribution in [3.8, 4) is 0 Å². The minimum Gasteiger partial charge on any atom is -0.367 e. The maximum atomic E-state index is 12.1. The molecule has 1 atom stereocenters. The Bertz CT molecular complexity index is 440. The van der Waals surface area contributed by atoms with Gasteiger partial charge in [-0.3, -0.25) is 10.7 Å². The van der Waals surface area contributed by atoms with Gasteiger partial charge in [0, 0.05) is 12.5 Å². The number of urea groups is 1. The zero-order chi connectivity index (χ0) is 13.3. The maximum Gasteiger partial charge on any atom is 0.324 e. The molecule has 0 aromatic heterocycles. The molecule has 3 rings (SSSR count). The van der Waals surface area contributed by atoms with E-state index < -0.39 is 11.1 Å². The lowest BCUT2D eigenvalue weighted by molar-refractivity contribution is -0.0846. The normalized spacial score (nSPS) is 37.4. The lowest BCUT2D eigenvalue weighted by atomic mass is 9.77. The zero-order valence-electron chi connectivity index (χ0n) is 11.5. The summed E-state index contributed by atoms with van der Waals surface area (Å²) in [5, 5.41) is 11.0. The van der Waals surface area contributed by atoms with Crippen LogP contribution in [0.3, 0.4) is 0 Å². The standard InChI is InChI=1S/C13H21N3O2/c1-11(2)7-13(12(3,4)18-11)9(14)15-10(17)16(13)8-5-6-8/h8H,5-7H2,1-4H3,(H2,14,15,17). The second-order valence-corrected chi connectivity index (χ2v) is 6.82. The molecule has 0 aromatic carbocycles. The number of amides is 2. The summed E-state index contributed by atoms with van der Waals surface area (Å²) in [6, 6.07) is 0.154. The Balaban J connectivity index is 2.11. The molecule has 0 radical (unpaired) electrons. The van der Waals surface area contributed by atoms with E-state index in [0.29, 0.717) is 12.3 Å². The van der Waals surface area contributed by atoms with E-state index in [0.717, 1.165) is 12.8 Å². The van der Waals surface area contributed by atoms with E-state index in [1.54, 1.807) is 0 Å². The van der Waals surface area contributed by atoms with Crippen LogP contribution in [0.4, 0.5) is 4.79 Å². The second-order valence-electron chi connectivity index (χ2n) is 6.82. The Morgan fingerprint density at radius 1 is 1.33 bits per heavy atom. The first kappa shape index (κ1) is 12.0. The molecule has 2 aliphatic heterocycles. The number of amidine groups is 1. The van der Waals surface area contributed by atoms with Gasteiger partial charge < -0.3 is 9.64 Å². The van der Waals surface area contributed by atoms with Crippen molar-refractivity contribution in [1.29, 1.82) is 5.41 Å². The molecule has 18 heavy (non-hydrogen) atoms. The van der Waals surface area contributed by atoms with E-state index in [9.17, 15) is 4.79 Å². The number of nitrogens with zero attached hydrogens (tertiary/aromatic N) is 1. The first-order chi connectivity index (χ1) is 8.20. The molecule has 0 aromatic rings. The molecule has 1 saturated carbocycles. The van der Waals surface area contributed by atoms with Crippen LogP contribution in [0.5, 0.6) is 0 Å². The first-order valence-corrected chi connectivity index (χ1v) is 6.59. The van der Waals surface area contributed by atoms with Gasteiger partial charge in [-0.2, -0.15) is 0 Å². The van der Waals surface area contributed by atoms with Crippen molar-refractivity contribution in [3.63, 3.8) is 0 Å². The molecular weight excluding hydrogens is 230 g/mol. The molecule has 2 heterocycles. The predicted octanol–water partition coefficient (Wildman–Crippen LogP) is 1.87. The average molecular weight is 251 g/mol. The van der Waals surface area contributed by atoms with Crippen LogP contribution in [0.15, 0.2) is 0 Å². The molecule has 2 saturated heterocycles. The summed E-state index contributed by atoms with van der Waals surface area (Å²) in [6.07, 6.45) is 2.76. The van der Waals surface area contributed by atoms with Crippen molar-refractivity contribution in [2.75, 3.05) is 0 Å². The highest BCUT2D eigenvalue weighted by Crippen LogP contribution is 2.53. The number of hydrogen-bond acceptors (Lipinski definition) is 3. The van der Waals surface area contributed by atoms with Crippen molar-refractivity contribution in [2.45, 2.75) is 69.7 Å². The SMILES string of the molecule is CC1(C)CC2(C(=N)NC(=O)N2C2CC2)C(C)(C)O1. The van der Waals surface area contributed by atoms with Gasteiger partial charge in [0.2, 0.25) is 0 Å². The summed E-state index contributed by atoms with van der Waals surface area (Å²) in [6.45, 7) is 8.05. The highest BCUT2D eigenvalue weighted by Gasteiger charge is 2.69. The number of hydrogen-bond donors (Lipinski definition) is 2. The fourth-order valence-corrected chi connectivity index (χ4v) is 3.78. The second kappa shape index (κ2) is 3.07. The van der Waals surface area contributed by atoms with Crippen LogP contribution in [0, 0.1) is 5.41 Å². The molecule has 5 nitrogen and oxygen atoms in total. The molecule has 3 aliphatic rings. The van der Waals surface area contributed by atoms with Gasteiger partial charge in [0.1, 0.15) is 11.4 Å². The third-order valence-electron chi connectivity index (χ3n) is 4.40. The summed E-state index contributed by atoms with van der Waals surface area (Å²) in [5.41, 5.74) is -1.46. The molecule has 1 spiro atoms. The van der Waals surface area contributed by atoms with E-state index in [-0.39, 0.29) is 17.7 Å². The van der Waals surface area contributed by atoms with E-state index in [2.05, 4.69) is 5.32 Å². The third-order valence-corrected chi connectivity index (χ3v) is 4.40. The Labute approximate surface area is 107 Å². The number of carbonyl (C=O) groups is 1. The lowest BCUT2D eigenvalue weighted by Gasteiger charge is -2.41. The van der Waals surface area contributed by atoms with Gasteiger partial charge >= 0.3 is 6.03 Å². The van der Waals surface area contributed by atoms with Crippen LogP contribution < -0.4 is 5.32 Å². The van der Waals surface area contributed by atoms with Gasteiger partial charge in [0.15, 0.2) is 0 Å². The van der Waals surface area contributed by atoms with Crippen LogP contribution in [-0.2, 0) is 4.74 Å². The number of rotatable bonds is 1. The number of ether oxygens (including phenoxy) is 1. The van der Waals surface area contributed by atoms with Crippen molar-refractivity contribution in [3.05, 3.63) is 0 Å². The quantitative estimate of drug-likeness (QED) is 0.747. The highest BCUT2D eigenvalue weighted by atomic mass is 16.5. The molecule has 1 unspecified atom stereocenters. The molecule has 100 valence electrons. The molecule has 2 amide bonds. The number of carbonyl (C=O) groups excluding carboxylic acids is 1. The highest BCUT2D eigenvalue weighted by molar-refractivity contribution is 6.09. The smallest absolute Gasteiger partial charge is 0.324 e. The van der Waals surface area contributed by atoms with Crippen molar-refractivity contribution in [2.24, 2.45) is 0 Å². The summed E-state index contributed by atoms with van der Waals surface area (Å²) in [5.74, 6) is 0.301. The fourth-order valence-electron chi connectivity index (χ4n) is 3.78. The molecule has 1 aliphatic carbocycles. The van der Waals surface area contributed by atoms with Crippen molar-refractivity contribution < 1.29 is 9.53 Å². The average Bonchev–Trinajstić information content (AvgIpc) is 2.90. The van der Waals surface area contributed by atoms with E-state index in [4.69, 9.17) is 10.1 Å². The van der Waals surface area contributed by atoms with Gasteiger partial charge in [-0.1, -0.05) is 0 Å². The van der Waals surface area contributed by atoms with Crippen LogP contribution in [0.25, 0.3) is 0 Å². The summed E-state index contributed by atoms with van der Waals surface area (Å²) in [7, 11) is 0. The first-order valence-electron chi connectivity index (χ1n) is 6.59. The molecule has 0 bridgehead atoms. The van der Waals surface area contributed by atoms with E-state index >= 15 is 0 Å². The van der Waals surface area contributed by atoms with Gasteiger partial charge in [-0.25, -0.2) is 4.79 Å². The van der Waals surface area contributed by atoms with Gasteiger partial charge in [0.25, 0.3) is 0 Å². The largest absolute Gasteiger partial charge is 0.367 e. The summed E-state index contributed by atoms with van der Waals surface area (Å²) >= 11 is 0. The monoisotopic (exact) mass is 251 g/mol. The lowest BCUT2D eigenvalue weighted by Crippen LogP contribution is -2.61. The molecule has 2 N–H and O–H groups in total. The van der Waals surface area contributed by atoms with Crippen molar-refractivity contribution in [1.82, 2.24) is 10.2 Å². The van der Waals surface area contributed by atoms with E-state index in [1.165, 1.54) is 0 Å². The topological polar surface area (TPSA) is 65.4 Å². The Kier molecular flexibility index (Phi) is 2.04. The zero-order valence-corrected chi connectivity index (χ0v) is 11.5. The van der Waals surface area contributed by atoms with Gasteiger partial charge in [0.05, 0.1) is 11.2 Å². The molecule has 3 fully saturated rings. The van der Waals surface area contributed by atoms with Crippen LogP contribution in [0.2, 0.25) is 0 Å². The minimum atomic E-state index is -0.616. The maximum absolute atomic E-state index is 12.1. The van der Waals surface area contributed by atoms with Crippen LogP contribution in [0.1, 0.15) is 47.0 Å². The van der Waals surface area contributed by atoms with Gasteiger partial charge in [-0.05, 0) is 40.5 Å². The Morgan fingerprint density at radius 3 is 2.39 bits per heavy atom. The molecule has 5 heteroatoms. The number of nitrogens with one attached hydrogen (secondary N) is 2. The fraction of sp³-hybridized carbons (Fsp3) is 0.846. The van der Waals surface area contributed by atoms with Gasteiger partial charge in [-0.15, -0.1) is 0 Å². The minimum absolute atomic E-state index is 0.128. The van der Waals surface area contributed by atoms with Crippen LogP contribution in [-0.4, -0.2) is 39.5 Å². The Hall–Kier alpha value is -1.10. The van der Waals surface area contributed by atoms with E-state index in [1.807, 2.05) is 32.6 Å². The summed E-state index contributed by atoms with van der Waals surface area (Å²) < 4.78 is 6.13. The predicted molar refractivity (Wildman–Crippen MR) is 67.7 cm³/mol. The van der Waals surface area contributed by atoms with Crippen molar-refractivity contribution >= 4 is 11.9 Å². The Morgan fingerprint density at radius 2 is 1.94 bits per heavy atom. The third kappa shape index (κ3) is 1.31. The molecular formula is C13H21N3O2.